The number of urea groups is 1. The molecule has 2 unspecified atom stereocenters. The monoisotopic (exact) mass is 273 g/mol. The maximum atomic E-state index is 11.5. The first-order chi connectivity index (χ1) is 9.04. The maximum absolute atomic E-state index is 11.5. The van der Waals surface area contributed by atoms with Gasteiger partial charge in [-0.1, -0.05) is 0 Å². The number of carboxylic acid groups (broad SMARTS) is 1. The van der Waals surface area contributed by atoms with E-state index >= 15 is 0 Å². The number of likely N-dealkylation sites (tertiary alicyclic amines) is 1. The largest absolute Gasteiger partial charge is 0.479 e. The van der Waals surface area contributed by atoms with Crippen LogP contribution in [0.25, 0.3) is 0 Å². The van der Waals surface area contributed by atoms with Crippen LogP contribution in [0.4, 0.5) is 4.79 Å². The molecule has 1 fully saturated rings. The van der Waals surface area contributed by atoms with Crippen molar-refractivity contribution >= 4 is 12.0 Å². The van der Waals surface area contributed by atoms with Gasteiger partial charge >= 0.3 is 12.0 Å². The Bertz CT molecular complexity index is 305. The Labute approximate surface area is 113 Å². The third kappa shape index (κ3) is 5.44. The fourth-order valence-corrected chi connectivity index (χ4v) is 2.07. The van der Waals surface area contributed by atoms with Crippen LogP contribution in [0.3, 0.4) is 0 Å². The topological polar surface area (TPSA) is 90.9 Å². The summed E-state index contributed by atoms with van der Waals surface area (Å²) >= 11 is 0. The van der Waals surface area contributed by atoms with E-state index in [0.717, 1.165) is 13.1 Å². The highest BCUT2D eigenvalue weighted by molar-refractivity contribution is 5.76. The number of carbonyl (C=O) groups excluding carboxylic acids is 1. The van der Waals surface area contributed by atoms with E-state index in [9.17, 15) is 9.59 Å². The van der Waals surface area contributed by atoms with Crippen LogP contribution >= 0.6 is 0 Å². The number of methoxy groups -OCH3 is 1. The SMILES string of the molecule is COC(CNC(=O)NCC(C)N1CCCC1)C(=O)O. The van der Waals surface area contributed by atoms with E-state index in [1.807, 2.05) is 0 Å². The second kappa shape index (κ2) is 7.96. The molecule has 0 aromatic carbocycles. The molecule has 1 heterocycles. The van der Waals surface area contributed by atoms with Crippen molar-refractivity contribution in [3.05, 3.63) is 0 Å². The van der Waals surface area contributed by atoms with Gasteiger partial charge in [0.15, 0.2) is 6.10 Å². The van der Waals surface area contributed by atoms with Gasteiger partial charge in [0, 0.05) is 19.7 Å². The van der Waals surface area contributed by atoms with E-state index in [-0.39, 0.29) is 12.6 Å². The summed E-state index contributed by atoms with van der Waals surface area (Å²) in [6.07, 6.45) is 1.41. The quantitative estimate of drug-likeness (QED) is 0.601. The molecule has 0 saturated carbocycles. The Hall–Kier alpha value is -1.34. The van der Waals surface area contributed by atoms with Gasteiger partial charge in [-0.25, -0.2) is 9.59 Å². The Balaban J connectivity index is 2.18. The molecule has 3 N–H and O–H groups in total. The Kier molecular flexibility index (Phi) is 6.58. The number of ether oxygens (including phenoxy) is 1. The molecule has 2 amide bonds. The number of nitrogens with zero attached hydrogens (tertiary/aromatic N) is 1. The van der Waals surface area contributed by atoms with Gasteiger partial charge in [0.05, 0.1) is 6.54 Å². The molecule has 0 aromatic rings. The number of rotatable bonds is 7. The molecule has 1 aliphatic rings. The lowest BCUT2D eigenvalue weighted by Crippen LogP contribution is -2.47. The van der Waals surface area contributed by atoms with Crippen molar-refractivity contribution in [2.45, 2.75) is 31.9 Å². The zero-order chi connectivity index (χ0) is 14.3. The van der Waals surface area contributed by atoms with Crippen LogP contribution in [0.15, 0.2) is 0 Å². The van der Waals surface area contributed by atoms with Crippen molar-refractivity contribution in [2.24, 2.45) is 0 Å². The van der Waals surface area contributed by atoms with Crippen LogP contribution in [0.1, 0.15) is 19.8 Å². The molecule has 0 aliphatic carbocycles. The van der Waals surface area contributed by atoms with Gasteiger partial charge in [0.2, 0.25) is 0 Å². The summed E-state index contributed by atoms with van der Waals surface area (Å²) in [5.74, 6) is -1.09. The first-order valence-corrected chi connectivity index (χ1v) is 6.56. The van der Waals surface area contributed by atoms with Gasteiger partial charge in [0.25, 0.3) is 0 Å². The molecule has 1 aliphatic heterocycles. The summed E-state index contributed by atoms with van der Waals surface area (Å²) in [6.45, 7) is 4.73. The van der Waals surface area contributed by atoms with Gasteiger partial charge in [-0.3, -0.25) is 4.90 Å². The highest BCUT2D eigenvalue weighted by Gasteiger charge is 2.19. The van der Waals surface area contributed by atoms with Crippen LogP contribution in [-0.2, 0) is 9.53 Å². The minimum Gasteiger partial charge on any atom is -0.479 e. The van der Waals surface area contributed by atoms with Gasteiger partial charge in [-0.05, 0) is 32.9 Å². The minimum atomic E-state index is -1.09. The Morgan fingerprint density at radius 2 is 1.84 bits per heavy atom. The predicted molar refractivity (Wildman–Crippen MR) is 70.1 cm³/mol. The second-order valence-electron chi connectivity index (χ2n) is 4.75. The molecule has 0 spiro atoms. The number of hydrogen-bond acceptors (Lipinski definition) is 4. The van der Waals surface area contributed by atoms with E-state index in [0.29, 0.717) is 12.6 Å². The van der Waals surface area contributed by atoms with Crippen molar-refractivity contribution in [3.63, 3.8) is 0 Å². The molecular formula is C12H23N3O4. The number of hydrogen-bond donors (Lipinski definition) is 3. The van der Waals surface area contributed by atoms with Gasteiger partial charge in [0.1, 0.15) is 0 Å². The number of aliphatic carboxylic acids is 1. The molecule has 2 atom stereocenters. The minimum absolute atomic E-state index is 0.0459. The fourth-order valence-electron chi connectivity index (χ4n) is 2.07. The number of carboxylic acids is 1. The van der Waals surface area contributed by atoms with Crippen LogP contribution in [0.5, 0.6) is 0 Å². The van der Waals surface area contributed by atoms with E-state index in [2.05, 4.69) is 22.5 Å². The highest BCUT2D eigenvalue weighted by atomic mass is 16.5. The lowest BCUT2D eigenvalue weighted by atomic mass is 10.3. The molecule has 1 saturated heterocycles. The third-order valence-corrected chi connectivity index (χ3v) is 3.33. The van der Waals surface area contributed by atoms with E-state index in [1.165, 1.54) is 20.0 Å². The molecule has 7 heteroatoms. The molecule has 0 aromatic heterocycles. The highest BCUT2D eigenvalue weighted by Crippen LogP contribution is 2.10. The van der Waals surface area contributed by atoms with E-state index in [1.54, 1.807) is 0 Å². The summed E-state index contributed by atoms with van der Waals surface area (Å²) in [4.78, 5) is 24.5. The number of carbonyl (C=O) groups is 2. The van der Waals surface area contributed by atoms with Gasteiger partial charge in [-0.15, -0.1) is 0 Å². The van der Waals surface area contributed by atoms with Crippen LogP contribution in [-0.4, -0.2) is 67.4 Å². The van der Waals surface area contributed by atoms with Crippen LogP contribution < -0.4 is 10.6 Å². The second-order valence-corrected chi connectivity index (χ2v) is 4.75. The predicted octanol–water partition coefficient (Wildman–Crippen LogP) is -0.130. The summed E-state index contributed by atoms with van der Waals surface area (Å²) in [6, 6.07) is -0.0692. The Morgan fingerprint density at radius 1 is 1.26 bits per heavy atom. The zero-order valence-electron chi connectivity index (χ0n) is 11.5. The first-order valence-electron chi connectivity index (χ1n) is 6.56. The lowest BCUT2D eigenvalue weighted by molar-refractivity contribution is -0.147. The standard InChI is InChI=1S/C12H23N3O4/c1-9(15-5-3-4-6-15)7-13-12(18)14-8-10(19-2)11(16)17/h9-10H,3-8H2,1-2H3,(H,16,17)(H2,13,14,18). The molecule has 7 nitrogen and oxygen atoms in total. The summed E-state index contributed by atoms with van der Waals surface area (Å²) < 4.78 is 4.72. The van der Waals surface area contributed by atoms with E-state index in [4.69, 9.17) is 9.84 Å². The van der Waals surface area contributed by atoms with Crippen LogP contribution in [0, 0.1) is 0 Å². The number of amides is 2. The Morgan fingerprint density at radius 3 is 2.37 bits per heavy atom. The van der Waals surface area contributed by atoms with Crippen molar-refractivity contribution in [3.8, 4) is 0 Å². The molecule has 1 rings (SSSR count). The van der Waals surface area contributed by atoms with E-state index < -0.39 is 12.1 Å². The molecule has 0 radical (unpaired) electrons. The summed E-state index contributed by atoms with van der Waals surface area (Å²) in [5, 5.41) is 14.0. The fraction of sp³-hybridized carbons (Fsp3) is 0.833. The van der Waals surface area contributed by atoms with Crippen molar-refractivity contribution in [2.75, 3.05) is 33.3 Å². The molecule has 0 bridgehead atoms. The summed E-state index contributed by atoms with van der Waals surface area (Å²) in [7, 11) is 1.30. The van der Waals surface area contributed by atoms with Gasteiger partial charge < -0.3 is 20.5 Å². The number of nitrogens with one attached hydrogen (secondary N) is 2. The zero-order valence-corrected chi connectivity index (χ0v) is 11.5. The maximum Gasteiger partial charge on any atom is 0.334 e. The normalized spacial score (nSPS) is 18.8. The van der Waals surface area contributed by atoms with Crippen LogP contribution in [0.2, 0.25) is 0 Å². The average Bonchev–Trinajstić information content (AvgIpc) is 2.90. The molecule has 19 heavy (non-hydrogen) atoms. The van der Waals surface area contributed by atoms with Gasteiger partial charge in [-0.2, -0.15) is 0 Å². The van der Waals surface area contributed by atoms with Crippen molar-refractivity contribution in [1.29, 1.82) is 0 Å². The average molecular weight is 273 g/mol. The molecular weight excluding hydrogens is 250 g/mol. The first kappa shape index (κ1) is 15.7. The van der Waals surface area contributed by atoms with Crippen molar-refractivity contribution < 1.29 is 19.4 Å². The lowest BCUT2D eigenvalue weighted by Gasteiger charge is -2.24. The molecule has 110 valence electrons. The third-order valence-electron chi connectivity index (χ3n) is 3.33. The smallest absolute Gasteiger partial charge is 0.334 e. The van der Waals surface area contributed by atoms with Crippen molar-refractivity contribution in [1.82, 2.24) is 15.5 Å². The summed E-state index contributed by atoms with van der Waals surface area (Å²) in [5.41, 5.74) is 0.